The second kappa shape index (κ2) is 8.42. The van der Waals surface area contributed by atoms with Crippen LogP contribution < -0.4 is 0 Å². The second-order valence-corrected chi connectivity index (χ2v) is 9.72. The number of nitrogens with zero attached hydrogens (tertiary/aromatic N) is 4. The zero-order chi connectivity index (χ0) is 24.1. The maximum absolute atomic E-state index is 12.9. The Kier molecular flexibility index (Phi) is 5.54. The van der Waals surface area contributed by atoms with Gasteiger partial charge in [-0.1, -0.05) is 41.9 Å². The van der Waals surface area contributed by atoms with E-state index in [1.807, 2.05) is 38.1 Å². The average molecular weight is 488 g/mol. The molecule has 0 aliphatic carbocycles. The Hall–Kier alpha value is -3.42. The van der Waals surface area contributed by atoms with Gasteiger partial charge >= 0.3 is 0 Å². The summed E-state index contributed by atoms with van der Waals surface area (Å²) >= 11 is 7.56. The van der Waals surface area contributed by atoms with Crippen molar-refractivity contribution in [2.75, 3.05) is 0 Å². The van der Waals surface area contributed by atoms with Crippen LogP contribution in [-0.2, 0) is 4.79 Å². The summed E-state index contributed by atoms with van der Waals surface area (Å²) in [5.74, 6) is -0.447. The van der Waals surface area contributed by atoms with Crippen LogP contribution in [0.1, 0.15) is 33.6 Å². The minimum Gasteiger partial charge on any atom is -0.318 e. The Morgan fingerprint density at radius 3 is 2.59 bits per heavy atom. The molecule has 2 aliphatic heterocycles. The number of hydrogen-bond acceptors (Lipinski definition) is 4. The molecule has 1 N–H and O–H groups in total. The van der Waals surface area contributed by atoms with Crippen LogP contribution in [0.2, 0.25) is 5.02 Å². The highest BCUT2D eigenvalue weighted by atomic mass is 35.5. The Bertz CT molecular complexity index is 1480. The van der Waals surface area contributed by atoms with Crippen LogP contribution in [0.25, 0.3) is 11.8 Å². The van der Waals surface area contributed by atoms with E-state index < -0.39 is 5.91 Å². The van der Waals surface area contributed by atoms with E-state index in [0.717, 1.165) is 33.8 Å². The molecule has 3 aromatic rings. The molecule has 8 heteroatoms. The predicted molar refractivity (Wildman–Crippen MR) is 140 cm³/mol. The zero-order valence-electron chi connectivity index (χ0n) is 19.2. The topological polar surface area (TPSA) is 73.8 Å². The number of fused-ring (bicyclic) bond motifs is 1. The van der Waals surface area contributed by atoms with Gasteiger partial charge in [0.25, 0.3) is 5.91 Å². The summed E-state index contributed by atoms with van der Waals surface area (Å²) in [6.07, 6.45) is 1.74. The number of carbonyl (C=O) groups excluding carboxylic acids is 1. The molecular formula is C26H22ClN5OS. The van der Waals surface area contributed by atoms with Crippen LogP contribution in [0.3, 0.4) is 0 Å². The third-order valence-corrected chi connectivity index (χ3v) is 7.21. The van der Waals surface area contributed by atoms with Crippen LogP contribution in [0.5, 0.6) is 0 Å². The Morgan fingerprint density at radius 1 is 1.06 bits per heavy atom. The molecule has 0 unspecified atom stereocenters. The van der Waals surface area contributed by atoms with Gasteiger partial charge in [-0.2, -0.15) is 15.1 Å². The molecule has 1 aromatic heterocycles. The summed E-state index contributed by atoms with van der Waals surface area (Å²) in [6, 6.07) is 15.7. The van der Waals surface area contributed by atoms with Crippen molar-refractivity contribution in [1.82, 2.24) is 9.58 Å². The molecule has 170 valence electrons. The fraction of sp³-hybridized carbons (Fsp3) is 0.154. The molecule has 0 saturated carbocycles. The van der Waals surface area contributed by atoms with E-state index in [1.54, 1.807) is 12.1 Å². The highest BCUT2D eigenvalue weighted by Gasteiger charge is 2.36. The van der Waals surface area contributed by atoms with Crippen molar-refractivity contribution >= 4 is 51.4 Å². The third-order valence-electron chi connectivity index (χ3n) is 5.93. The molecule has 0 radical (unpaired) electrons. The van der Waals surface area contributed by atoms with Gasteiger partial charge in [0.15, 0.2) is 5.84 Å². The minimum absolute atomic E-state index is 0.00101. The molecule has 34 heavy (non-hydrogen) atoms. The minimum atomic E-state index is -0.448. The number of amides is 1. The number of aromatic nitrogens is 1. The van der Waals surface area contributed by atoms with Gasteiger partial charge in [-0.05, 0) is 80.4 Å². The average Bonchev–Trinajstić information content (AvgIpc) is 3.33. The van der Waals surface area contributed by atoms with Crippen molar-refractivity contribution < 1.29 is 4.79 Å². The van der Waals surface area contributed by atoms with Gasteiger partial charge in [0.05, 0.1) is 10.6 Å². The first-order chi connectivity index (χ1) is 16.2. The van der Waals surface area contributed by atoms with E-state index in [9.17, 15) is 4.79 Å². The van der Waals surface area contributed by atoms with Gasteiger partial charge in [-0.3, -0.25) is 10.2 Å². The number of benzene rings is 2. The van der Waals surface area contributed by atoms with Crippen molar-refractivity contribution in [2.24, 2.45) is 10.1 Å². The molecule has 2 aliphatic rings. The van der Waals surface area contributed by atoms with E-state index in [0.29, 0.717) is 15.2 Å². The van der Waals surface area contributed by atoms with Crippen LogP contribution >= 0.6 is 23.4 Å². The van der Waals surface area contributed by atoms with Crippen LogP contribution in [0.4, 0.5) is 0 Å². The lowest BCUT2D eigenvalue weighted by Crippen LogP contribution is -2.35. The Balaban J connectivity index is 1.54. The summed E-state index contributed by atoms with van der Waals surface area (Å²) < 4.78 is 2.18. The van der Waals surface area contributed by atoms with E-state index in [1.165, 1.54) is 22.3 Å². The van der Waals surface area contributed by atoms with Crippen LogP contribution in [0.15, 0.2) is 64.2 Å². The molecule has 0 spiro atoms. The molecule has 3 heterocycles. The fourth-order valence-electron chi connectivity index (χ4n) is 4.16. The molecule has 2 aromatic carbocycles. The standard InChI is InChI=1S/C26H22ClN5OS/c1-14-9-10-15(2)22(11-14)31-16(3)12-18(17(31)4)13-20-23(28)32-26(29-24(20)33)34-25(30-32)19-7-5-6-8-21(19)27/h5-13,28H,1-4H3/b20-13-,28-23?. The first-order valence-corrected chi connectivity index (χ1v) is 12.0. The maximum Gasteiger partial charge on any atom is 0.283 e. The Labute approximate surface area is 207 Å². The van der Waals surface area contributed by atoms with Gasteiger partial charge in [0.1, 0.15) is 5.04 Å². The number of nitrogens with one attached hydrogen (secondary N) is 1. The number of halogens is 1. The largest absolute Gasteiger partial charge is 0.318 e. The van der Waals surface area contributed by atoms with Gasteiger partial charge in [-0.25, -0.2) is 0 Å². The first kappa shape index (κ1) is 22.4. The van der Waals surface area contributed by atoms with Gasteiger partial charge in [0.2, 0.25) is 5.17 Å². The number of aliphatic imine (C=N–C) groups is 1. The number of thioether (sulfide) groups is 1. The zero-order valence-corrected chi connectivity index (χ0v) is 20.8. The smallest absolute Gasteiger partial charge is 0.283 e. The lowest BCUT2D eigenvalue weighted by atomic mass is 10.1. The van der Waals surface area contributed by atoms with Gasteiger partial charge in [0, 0.05) is 22.6 Å². The number of aryl methyl sites for hydroxylation is 3. The highest BCUT2D eigenvalue weighted by Crippen LogP contribution is 2.34. The number of hydrogen-bond donors (Lipinski definition) is 1. The number of hydrazone groups is 1. The quantitative estimate of drug-likeness (QED) is 0.458. The summed E-state index contributed by atoms with van der Waals surface area (Å²) in [5.41, 5.74) is 7.31. The van der Waals surface area contributed by atoms with E-state index in [-0.39, 0.29) is 11.4 Å². The first-order valence-electron chi connectivity index (χ1n) is 10.8. The molecule has 6 nitrogen and oxygen atoms in total. The summed E-state index contributed by atoms with van der Waals surface area (Å²) in [4.78, 5) is 17.1. The summed E-state index contributed by atoms with van der Waals surface area (Å²) in [7, 11) is 0. The van der Waals surface area contributed by atoms with Gasteiger partial charge < -0.3 is 4.57 Å². The molecule has 0 saturated heterocycles. The van der Waals surface area contributed by atoms with Crippen molar-refractivity contribution in [3.63, 3.8) is 0 Å². The molecule has 0 bridgehead atoms. The van der Waals surface area contributed by atoms with E-state index >= 15 is 0 Å². The monoisotopic (exact) mass is 487 g/mol. The molecule has 5 rings (SSSR count). The van der Waals surface area contributed by atoms with E-state index in [4.69, 9.17) is 17.0 Å². The maximum atomic E-state index is 12.9. The van der Waals surface area contributed by atoms with E-state index in [2.05, 4.69) is 46.7 Å². The Morgan fingerprint density at radius 2 is 1.82 bits per heavy atom. The molecule has 1 amide bonds. The fourth-order valence-corrected chi connectivity index (χ4v) is 5.37. The number of amidine groups is 2. The molecule has 0 fully saturated rings. The SMILES string of the molecule is Cc1ccc(C)c(-n2c(C)cc(/C=C3/C(=N)N4N=C(c5ccccc5Cl)SC4=NC3=O)c2C)c1. The number of rotatable bonds is 3. The van der Waals surface area contributed by atoms with Crippen LogP contribution in [0, 0.1) is 33.1 Å². The number of carbonyl (C=O) groups is 1. The van der Waals surface area contributed by atoms with Crippen molar-refractivity contribution in [3.8, 4) is 5.69 Å². The van der Waals surface area contributed by atoms with Crippen molar-refractivity contribution in [3.05, 3.63) is 92.8 Å². The lowest BCUT2D eigenvalue weighted by molar-refractivity contribution is -0.114. The van der Waals surface area contributed by atoms with Crippen molar-refractivity contribution in [2.45, 2.75) is 27.7 Å². The van der Waals surface area contributed by atoms with Gasteiger partial charge in [-0.15, -0.1) is 0 Å². The second-order valence-electron chi connectivity index (χ2n) is 8.36. The lowest BCUT2D eigenvalue weighted by Gasteiger charge is -2.20. The summed E-state index contributed by atoms with van der Waals surface area (Å²) in [6.45, 7) is 8.22. The summed E-state index contributed by atoms with van der Waals surface area (Å²) in [5, 5.41) is 16.2. The molecular weight excluding hydrogens is 466 g/mol. The highest BCUT2D eigenvalue weighted by molar-refractivity contribution is 8.27. The van der Waals surface area contributed by atoms with Crippen LogP contribution in [-0.4, -0.2) is 31.5 Å². The third kappa shape index (κ3) is 3.71. The normalized spacial score (nSPS) is 16.7. The van der Waals surface area contributed by atoms with Crippen molar-refractivity contribution in [1.29, 1.82) is 5.41 Å². The molecule has 0 atom stereocenters. The predicted octanol–water partition coefficient (Wildman–Crippen LogP) is 6.03.